The van der Waals surface area contributed by atoms with Gasteiger partial charge in [-0.25, -0.2) is 12.8 Å². The van der Waals surface area contributed by atoms with E-state index >= 15 is 0 Å². The lowest BCUT2D eigenvalue weighted by Gasteiger charge is -2.16. The second-order valence-electron chi connectivity index (χ2n) is 6.36. The minimum atomic E-state index is -3.99. The second kappa shape index (κ2) is 7.17. The molecule has 0 radical (unpaired) electrons. The Morgan fingerprint density at radius 2 is 1.90 bits per heavy atom. The molecule has 0 aromatic heterocycles. The van der Waals surface area contributed by atoms with Crippen LogP contribution in [0, 0.1) is 5.82 Å². The summed E-state index contributed by atoms with van der Waals surface area (Å²) in [6.45, 7) is 0.0812. The molecule has 3 N–H and O–H groups in total. The monoisotopic (exact) mass is 416 g/mol. The lowest BCUT2D eigenvalue weighted by Crippen LogP contribution is -2.14. The third kappa shape index (κ3) is 3.77. The molecule has 1 aliphatic heterocycles. The van der Waals surface area contributed by atoms with Crippen molar-refractivity contribution in [2.24, 2.45) is 0 Å². The zero-order valence-electron chi connectivity index (χ0n) is 15.3. The fourth-order valence-corrected chi connectivity index (χ4v) is 4.04. The summed E-state index contributed by atoms with van der Waals surface area (Å²) in [5, 5.41) is 12.7. The third-order valence-electron chi connectivity index (χ3n) is 4.41. The van der Waals surface area contributed by atoms with Crippen molar-refractivity contribution >= 4 is 27.1 Å². The van der Waals surface area contributed by atoms with Crippen LogP contribution in [0.25, 0.3) is 0 Å². The van der Waals surface area contributed by atoms with Gasteiger partial charge in [0, 0.05) is 23.4 Å². The van der Waals surface area contributed by atoms with Crippen LogP contribution in [0.15, 0.2) is 59.5 Å². The zero-order valence-corrected chi connectivity index (χ0v) is 16.1. The molecule has 4 rings (SSSR count). The van der Waals surface area contributed by atoms with Crippen molar-refractivity contribution in [2.45, 2.75) is 11.5 Å². The number of benzene rings is 3. The van der Waals surface area contributed by atoms with Gasteiger partial charge in [0.25, 0.3) is 10.0 Å². The molecule has 150 valence electrons. The van der Waals surface area contributed by atoms with Crippen LogP contribution in [0.3, 0.4) is 0 Å². The van der Waals surface area contributed by atoms with Crippen LogP contribution in [0.4, 0.5) is 21.5 Å². The van der Waals surface area contributed by atoms with Crippen LogP contribution in [-0.2, 0) is 16.6 Å². The molecule has 0 saturated heterocycles. The predicted octanol–water partition coefficient (Wildman–Crippen LogP) is 3.98. The summed E-state index contributed by atoms with van der Waals surface area (Å²) in [5.74, 6) is 0.0603. The topological polar surface area (TPSA) is 96.9 Å². The molecule has 3 aromatic rings. The minimum Gasteiger partial charge on any atom is -0.508 e. The van der Waals surface area contributed by atoms with Crippen molar-refractivity contribution < 1.29 is 27.4 Å². The Morgan fingerprint density at radius 1 is 1.14 bits per heavy atom. The van der Waals surface area contributed by atoms with Gasteiger partial charge in [-0.2, -0.15) is 0 Å². The van der Waals surface area contributed by atoms with E-state index in [0.717, 1.165) is 6.07 Å². The van der Waals surface area contributed by atoms with Crippen molar-refractivity contribution in [3.05, 3.63) is 66.0 Å². The number of nitrogens with one attached hydrogen (secondary N) is 2. The Hall–Kier alpha value is -3.46. The molecule has 1 aliphatic rings. The van der Waals surface area contributed by atoms with E-state index in [0.29, 0.717) is 17.0 Å². The van der Waals surface area contributed by atoms with Crippen molar-refractivity contribution in [3.8, 4) is 17.2 Å². The quantitative estimate of drug-likeness (QED) is 0.557. The smallest absolute Gasteiger partial charge is 0.261 e. The van der Waals surface area contributed by atoms with Crippen LogP contribution < -0.4 is 19.5 Å². The van der Waals surface area contributed by atoms with Crippen molar-refractivity contribution in [3.63, 3.8) is 0 Å². The van der Waals surface area contributed by atoms with Gasteiger partial charge in [-0.3, -0.25) is 4.72 Å². The van der Waals surface area contributed by atoms with E-state index in [-0.39, 0.29) is 34.4 Å². The first-order valence-corrected chi connectivity index (χ1v) is 10.1. The van der Waals surface area contributed by atoms with Crippen LogP contribution >= 0.6 is 0 Å². The Balaban J connectivity index is 1.73. The maximum Gasteiger partial charge on any atom is 0.261 e. The number of anilines is 3. The highest BCUT2D eigenvalue weighted by molar-refractivity contribution is 7.92. The largest absolute Gasteiger partial charge is 0.508 e. The van der Waals surface area contributed by atoms with E-state index in [1.807, 2.05) is 0 Å². The van der Waals surface area contributed by atoms with Gasteiger partial charge in [-0.05, 0) is 42.5 Å². The summed E-state index contributed by atoms with van der Waals surface area (Å²) >= 11 is 0. The van der Waals surface area contributed by atoms with Crippen LogP contribution in [-0.4, -0.2) is 20.6 Å². The normalized spacial score (nSPS) is 12.6. The summed E-state index contributed by atoms with van der Waals surface area (Å²) in [7, 11) is -2.51. The van der Waals surface area contributed by atoms with E-state index in [1.54, 1.807) is 6.07 Å². The average molecular weight is 416 g/mol. The molecule has 0 aliphatic carbocycles. The van der Waals surface area contributed by atoms with E-state index in [4.69, 9.17) is 9.47 Å². The number of hydrogen-bond donors (Lipinski definition) is 3. The number of phenols is 1. The molecular weight excluding hydrogens is 399 g/mol. The number of fused-ring (bicyclic) bond motifs is 2. The average Bonchev–Trinajstić information content (AvgIpc) is 2.87. The first-order valence-electron chi connectivity index (χ1n) is 8.58. The molecule has 0 saturated carbocycles. The number of hydrogen-bond acceptors (Lipinski definition) is 6. The predicted molar refractivity (Wildman–Crippen MR) is 106 cm³/mol. The Labute approximate surface area is 166 Å². The number of rotatable bonds is 4. The number of methoxy groups -OCH3 is 1. The Morgan fingerprint density at radius 3 is 2.62 bits per heavy atom. The molecule has 0 atom stereocenters. The van der Waals surface area contributed by atoms with E-state index in [2.05, 4.69) is 10.0 Å². The van der Waals surface area contributed by atoms with Gasteiger partial charge in [-0.15, -0.1) is 0 Å². The maximum absolute atomic E-state index is 14.2. The fraction of sp³-hybridized carbons (Fsp3) is 0.100. The number of phenolic OH excluding ortho intramolecular Hbond substituents is 1. The SMILES string of the molecule is COc1ccc(S(=O)(=O)Nc2cc(F)cc3c2Nc2ccc(O)cc2CO3)cc1. The molecule has 0 amide bonds. The number of sulfonamides is 1. The molecule has 7 nitrogen and oxygen atoms in total. The van der Waals surface area contributed by atoms with Crippen LogP contribution in [0.5, 0.6) is 17.2 Å². The van der Waals surface area contributed by atoms with Gasteiger partial charge < -0.3 is 19.9 Å². The molecular formula is C20H17FN2O5S. The molecule has 3 aromatic carbocycles. The molecule has 0 fully saturated rings. The summed E-state index contributed by atoms with van der Waals surface area (Å²) in [6.07, 6.45) is 0. The zero-order chi connectivity index (χ0) is 20.6. The molecule has 0 unspecified atom stereocenters. The Kier molecular flexibility index (Phi) is 4.67. The van der Waals surface area contributed by atoms with Gasteiger partial charge in [0.05, 0.1) is 17.7 Å². The van der Waals surface area contributed by atoms with Crippen LogP contribution in [0.2, 0.25) is 0 Å². The molecule has 29 heavy (non-hydrogen) atoms. The first kappa shape index (κ1) is 18.9. The van der Waals surface area contributed by atoms with Crippen LogP contribution in [0.1, 0.15) is 5.56 Å². The summed E-state index contributed by atoms with van der Waals surface area (Å²) in [4.78, 5) is -0.00354. The van der Waals surface area contributed by atoms with Crippen molar-refractivity contribution in [1.29, 1.82) is 0 Å². The second-order valence-corrected chi connectivity index (χ2v) is 8.05. The lowest BCUT2D eigenvalue weighted by atomic mass is 10.1. The van der Waals surface area contributed by atoms with Gasteiger partial charge in [-0.1, -0.05) is 0 Å². The van der Waals surface area contributed by atoms with Crippen molar-refractivity contribution in [1.82, 2.24) is 0 Å². The summed E-state index contributed by atoms with van der Waals surface area (Å²) in [5.41, 5.74) is 1.52. The van der Waals surface area contributed by atoms with E-state index in [1.165, 1.54) is 49.6 Å². The minimum absolute atomic E-state index is 0.00302. The number of ether oxygens (including phenoxy) is 2. The van der Waals surface area contributed by atoms with E-state index < -0.39 is 15.8 Å². The molecule has 0 bridgehead atoms. The van der Waals surface area contributed by atoms with E-state index in [9.17, 15) is 17.9 Å². The van der Waals surface area contributed by atoms with Crippen molar-refractivity contribution in [2.75, 3.05) is 17.1 Å². The summed E-state index contributed by atoms with van der Waals surface area (Å²) < 4.78 is 52.8. The van der Waals surface area contributed by atoms with Gasteiger partial charge in [0.15, 0.2) is 0 Å². The maximum atomic E-state index is 14.2. The van der Waals surface area contributed by atoms with Gasteiger partial charge in [0.1, 0.15) is 35.4 Å². The third-order valence-corrected chi connectivity index (χ3v) is 5.79. The summed E-state index contributed by atoms with van der Waals surface area (Å²) in [6, 6.07) is 12.7. The Bertz CT molecular complexity index is 1180. The molecule has 1 heterocycles. The fourth-order valence-electron chi connectivity index (χ4n) is 2.98. The number of aromatic hydroxyl groups is 1. The molecule has 9 heteroatoms. The van der Waals surface area contributed by atoms with Gasteiger partial charge >= 0.3 is 0 Å². The lowest BCUT2D eigenvalue weighted by molar-refractivity contribution is 0.308. The highest BCUT2D eigenvalue weighted by atomic mass is 32.2. The first-order chi connectivity index (χ1) is 13.9. The highest BCUT2D eigenvalue weighted by Crippen LogP contribution is 2.41. The molecule has 0 spiro atoms. The number of halogens is 1. The standard InChI is InChI=1S/C20H17FN2O5S/c1-27-15-3-5-16(6-4-15)29(25,26)23-18-9-13(21)10-19-20(18)22-17-7-2-14(24)8-12(17)11-28-19/h2-10,22-24H,11H2,1H3. The van der Waals surface area contributed by atoms with Gasteiger partial charge in [0.2, 0.25) is 0 Å². The highest BCUT2D eigenvalue weighted by Gasteiger charge is 2.23.